The number of carbonyl (C=O) groups is 1. The van der Waals surface area contributed by atoms with E-state index in [0.29, 0.717) is 0 Å². The summed E-state index contributed by atoms with van der Waals surface area (Å²) in [6.45, 7) is 0. The molecule has 0 radical (unpaired) electrons. The first-order valence-corrected chi connectivity index (χ1v) is 10.5. The Morgan fingerprint density at radius 3 is 2.39 bits per heavy atom. The van der Waals surface area contributed by atoms with Crippen LogP contribution in [0.15, 0.2) is 51.8 Å². The predicted octanol–water partition coefficient (Wildman–Crippen LogP) is 7.01. The summed E-state index contributed by atoms with van der Waals surface area (Å²) in [6, 6.07) is 7.10. The average molecular weight is 518 g/mol. The molecular weight excluding hydrogens is 509 g/mol. The van der Waals surface area contributed by atoms with Gasteiger partial charge in [-0.3, -0.25) is 9.69 Å². The first kappa shape index (κ1) is 23.3. The van der Waals surface area contributed by atoms with Gasteiger partial charge in [0, 0.05) is 23.8 Å². The van der Waals surface area contributed by atoms with Crippen molar-refractivity contribution in [3.05, 3.63) is 75.4 Å². The van der Waals surface area contributed by atoms with Gasteiger partial charge in [0.1, 0.15) is 11.5 Å². The Morgan fingerprint density at radius 1 is 1.09 bits per heavy atom. The molecule has 0 bridgehead atoms. The van der Waals surface area contributed by atoms with Gasteiger partial charge < -0.3 is 9.52 Å². The highest BCUT2D eigenvalue weighted by atomic mass is 35.5. The van der Waals surface area contributed by atoms with Crippen LogP contribution in [-0.2, 0) is 11.0 Å². The van der Waals surface area contributed by atoms with E-state index in [2.05, 4.69) is 0 Å². The minimum atomic E-state index is -4.57. The normalized spacial score (nSPS) is 15.7. The summed E-state index contributed by atoms with van der Waals surface area (Å²) < 4.78 is 72.0. The van der Waals surface area contributed by atoms with Gasteiger partial charge in [-0.05, 0) is 30.3 Å². The van der Waals surface area contributed by atoms with E-state index in [0.717, 1.165) is 47.0 Å². The second-order valence-corrected chi connectivity index (χ2v) is 8.75. The van der Waals surface area contributed by atoms with E-state index in [9.17, 15) is 31.9 Å². The number of benzene rings is 2. The average Bonchev–Trinajstić information content (AvgIpc) is 3.29. The first-order valence-electron chi connectivity index (χ1n) is 8.88. The minimum absolute atomic E-state index is 0.00809. The van der Waals surface area contributed by atoms with Crippen molar-refractivity contribution in [3.8, 4) is 17.1 Å². The van der Waals surface area contributed by atoms with Gasteiger partial charge in [-0.15, -0.1) is 0 Å². The molecule has 4 nitrogen and oxygen atoms in total. The van der Waals surface area contributed by atoms with Gasteiger partial charge in [-0.25, -0.2) is 8.78 Å². The van der Waals surface area contributed by atoms with Gasteiger partial charge >= 0.3 is 6.18 Å². The van der Waals surface area contributed by atoms with Gasteiger partial charge in [0.15, 0.2) is 21.7 Å². The molecule has 1 amide bonds. The van der Waals surface area contributed by atoms with Crippen LogP contribution < -0.4 is 4.90 Å². The molecule has 4 rings (SSSR count). The molecule has 2 aromatic carbocycles. The fourth-order valence-electron chi connectivity index (χ4n) is 2.97. The summed E-state index contributed by atoms with van der Waals surface area (Å²) in [4.78, 5) is 13.7. The molecule has 12 heteroatoms. The minimum Gasteiger partial charge on any atom is -0.503 e. The van der Waals surface area contributed by atoms with Crippen molar-refractivity contribution >= 4 is 57.6 Å². The lowest BCUT2D eigenvalue weighted by Crippen LogP contribution is -2.27. The molecule has 1 aliphatic heterocycles. The molecule has 170 valence electrons. The molecule has 1 N–H and O–H groups in total. The molecular formula is C21H9ClF5NO3S2. The number of aromatic hydroxyl groups is 1. The van der Waals surface area contributed by atoms with Gasteiger partial charge in [0.25, 0.3) is 5.91 Å². The Balaban J connectivity index is 1.65. The predicted molar refractivity (Wildman–Crippen MR) is 118 cm³/mol. The number of hydrogen-bond acceptors (Lipinski definition) is 5. The maximum Gasteiger partial charge on any atom is 0.416 e. The zero-order valence-corrected chi connectivity index (χ0v) is 18.3. The van der Waals surface area contributed by atoms with Crippen LogP contribution >= 0.6 is 35.6 Å². The summed E-state index contributed by atoms with van der Waals surface area (Å²) in [5.41, 5.74) is -1.12. The van der Waals surface area contributed by atoms with E-state index in [1.807, 2.05) is 0 Å². The number of thiocarbonyl (C=S) groups is 1. The number of anilines is 1. The molecule has 0 unspecified atom stereocenters. The quantitative estimate of drug-likeness (QED) is 0.230. The van der Waals surface area contributed by atoms with Crippen LogP contribution in [0.1, 0.15) is 11.3 Å². The van der Waals surface area contributed by atoms with E-state index < -0.39 is 35.0 Å². The van der Waals surface area contributed by atoms with Crippen molar-refractivity contribution in [2.45, 2.75) is 6.18 Å². The molecule has 1 saturated heterocycles. The van der Waals surface area contributed by atoms with E-state index in [-0.39, 0.29) is 37.0 Å². The van der Waals surface area contributed by atoms with Crippen LogP contribution in [-0.4, -0.2) is 15.3 Å². The van der Waals surface area contributed by atoms with Crippen LogP contribution in [0, 0.1) is 11.6 Å². The largest absolute Gasteiger partial charge is 0.503 e. The van der Waals surface area contributed by atoms with Crippen molar-refractivity contribution in [1.29, 1.82) is 0 Å². The number of nitrogens with zero attached hydrogens (tertiary/aromatic N) is 1. The van der Waals surface area contributed by atoms with Crippen LogP contribution in [0.2, 0.25) is 5.02 Å². The van der Waals surface area contributed by atoms with Crippen molar-refractivity contribution in [2.75, 3.05) is 4.90 Å². The summed E-state index contributed by atoms with van der Waals surface area (Å²) in [5, 5.41) is 9.28. The van der Waals surface area contributed by atoms with Crippen LogP contribution in [0.4, 0.5) is 27.6 Å². The lowest BCUT2D eigenvalue weighted by molar-refractivity contribution is -0.137. The molecule has 0 saturated carbocycles. The highest BCUT2D eigenvalue weighted by Gasteiger charge is 2.35. The number of rotatable bonds is 3. The number of thioether (sulfide) groups is 1. The number of furan rings is 1. The van der Waals surface area contributed by atoms with Crippen LogP contribution in [0.5, 0.6) is 5.75 Å². The molecule has 1 fully saturated rings. The van der Waals surface area contributed by atoms with Gasteiger partial charge in [0.2, 0.25) is 0 Å². The summed E-state index contributed by atoms with van der Waals surface area (Å²) in [6.07, 6.45) is -3.28. The standard InChI is InChI=1S/C21H9ClF5NO3S2/c22-13-3-1-9(21(25,26)27)5-12(13)16-4-2-11(31-16)8-17-19(30)28(20(32)33-17)10-6-14(23)18(29)15(24)7-10/h1-8,29H. The van der Waals surface area contributed by atoms with Gasteiger partial charge in [-0.2, -0.15) is 13.2 Å². The summed E-state index contributed by atoms with van der Waals surface area (Å²) in [5.74, 6) is -4.27. The van der Waals surface area contributed by atoms with E-state index in [1.54, 1.807) is 0 Å². The number of halogens is 6. The number of hydrogen-bond donors (Lipinski definition) is 1. The molecule has 0 aliphatic carbocycles. The third kappa shape index (κ3) is 4.48. The lowest BCUT2D eigenvalue weighted by Gasteiger charge is -2.15. The molecule has 1 aromatic heterocycles. The number of phenolic OH excluding ortho intramolecular Hbond substituents is 1. The van der Waals surface area contributed by atoms with Crippen LogP contribution in [0.25, 0.3) is 17.4 Å². The molecule has 0 atom stereocenters. The van der Waals surface area contributed by atoms with E-state index >= 15 is 0 Å². The van der Waals surface area contributed by atoms with E-state index in [1.165, 1.54) is 18.2 Å². The third-order valence-corrected chi connectivity index (χ3v) is 6.14. The Morgan fingerprint density at radius 2 is 1.76 bits per heavy atom. The molecule has 33 heavy (non-hydrogen) atoms. The van der Waals surface area contributed by atoms with Gasteiger partial charge in [-0.1, -0.05) is 35.6 Å². The Hall–Kier alpha value is -2.89. The summed E-state index contributed by atoms with van der Waals surface area (Å²) >= 11 is 12.0. The number of amides is 1. The second kappa shape index (κ2) is 8.47. The maximum atomic E-state index is 13.7. The Bertz CT molecular complexity index is 1310. The SMILES string of the molecule is O=C1C(=Cc2ccc(-c3cc(C(F)(F)F)ccc3Cl)o2)SC(=S)N1c1cc(F)c(O)c(F)c1. The third-order valence-electron chi connectivity index (χ3n) is 4.51. The Kier molecular flexibility index (Phi) is 5.97. The number of carbonyl (C=O) groups excluding carboxylic acids is 1. The van der Waals surface area contributed by atoms with Crippen molar-refractivity contribution in [1.82, 2.24) is 0 Å². The smallest absolute Gasteiger partial charge is 0.416 e. The topological polar surface area (TPSA) is 53.7 Å². The molecule has 3 aromatic rings. The molecule has 1 aliphatic rings. The summed E-state index contributed by atoms with van der Waals surface area (Å²) in [7, 11) is 0. The highest BCUT2D eigenvalue weighted by Crippen LogP contribution is 2.40. The zero-order valence-electron chi connectivity index (χ0n) is 15.9. The highest BCUT2D eigenvalue weighted by molar-refractivity contribution is 8.27. The monoisotopic (exact) mass is 517 g/mol. The first-order chi connectivity index (χ1) is 15.5. The van der Waals surface area contributed by atoms with Gasteiger partial charge in [0.05, 0.1) is 21.2 Å². The fraction of sp³-hybridized carbons (Fsp3) is 0.0476. The van der Waals surface area contributed by atoms with Crippen LogP contribution in [0.3, 0.4) is 0 Å². The number of alkyl halides is 3. The number of phenols is 1. The zero-order chi connectivity index (χ0) is 24.1. The lowest BCUT2D eigenvalue weighted by atomic mass is 10.1. The maximum absolute atomic E-state index is 13.7. The van der Waals surface area contributed by atoms with Crippen molar-refractivity contribution < 1.29 is 36.3 Å². The molecule has 0 spiro atoms. The second-order valence-electron chi connectivity index (χ2n) is 6.67. The van der Waals surface area contributed by atoms with E-state index in [4.69, 9.17) is 28.2 Å². The van der Waals surface area contributed by atoms with Crippen molar-refractivity contribution in [2.24, 2.45) is 0 Å². The Labute approximate surface area is 197 Å². The fourth-order valence-corrected chi connectivity index (χ4v) is 4.46. The van der Waals surface area contributed by atoms with Crippen molar-refractivity contribution in [3.63, 3.8) is 0 Å². The molecule has 2 heterocycles.